The van der Waals surface area contributed by atoms with Crippen molar-refractivity contribution < 1.29 is 4.74 Å². The van der Waals surface area contributed by atoms with Gasteiger partial charge in [-0.25, -0.2) is 0 Å². The number of halogens is 1. The smallest absolute Gasteiger partial charge is 0.0589 e. The largest absolute Gasteiger partial charge is 0.383 e. The highest BCUT2D eigenvalue weighted by molar-refractivity contribution is 6.30. The second-order valence-corrected chi connectivity index (χ2v) is 3.80. The predicted octanol–water partition coefficient (Wildman–Crippen LogP) is 2.42. The summed E-state index contributed by atoms with van der Waals surface area (Å²) in [5.74, 6) is 0. The molecule has 0 heterocycles. The lowest BCUT2D eigenvalue weighted by Gasteiger charge is -2.15. The molecule has 0 aromatic heterocycles. The van der Waals surface area contributed by atoms with Crippen molar-refractivity contribution in [3.8, 4) is 0 Å². The van der Waals surface area contributed by atoms with Gasteiger partial charge in [0.05, 0.1) is 6.61 Å². The molecule has 1 rings (SSSR count). The van der Waals surface area contributed by atoms with Crippen LogP contribution < -0.4 is 0 Å². The molecule has 3 heteroatoms. The maximum Gasteiger partial charge on any atom is 0.0589 e. The molecule has 0 saturated heterocycles. The molecule has 0 N–H and O–H groups in total. The highest BCUT2D eigenvalue weighted by Crippen LogP contribution is 2.11. The van der Waals surface area contributed by atoms with Crippen LogP contribution in [0.1, 0.15) is 5.56 Å². The molecule has 0 amide bonds. The fourth-order valence-electron chi connectivity index (χ4n) is 1.27. The van der Waals surface area contributed by atoms with Crippen molar-refractivity contribution in [2.45, 2.75) is 6.54 Å². The first-order valence-electron chi connectivity index (χ1n) is 4.64. The molecule has 0 aliphatic heterocycles. The number of methoxy groups -OCH3 is 1. The van der Waals surface area contributed by atoms with Crippen molar-refractivity contribution in [2.75, 3.05) is 27.3 Å². The highest BCUT2D eigenvalue weighted by Gasteiger charge is 1.99. The molecule has 2 nitrogen and oxygen atoms in total. The summed E-state index contributed by atoms with van der Waals surface area (Å²) in [7, 11) is 3.78. The minimum Gasteiger partial charge on any atom is -0.383 e. The van der Waals surface area contributed by atoms with E-state index in [0.29, 0.717) is 0 Å². The number of rotatable bonds is 5. The van der Waals surface area contributed by atoms with Crippen molar-refractivity contribution in [1.29, 1.82) is 0 Å². The first-order chi connectivity index (χ1) is 6.72. The lowest BCUT2D eigenvalue weighted by Crippen LogP contribution is -2.22. The standard InChI is InChI=1S/C11H16ClNO/c1-13(6-7-14-2)9-10-4-3-5-11(12)8-10/h3-5,8H,6-7,9H2,1-2H3. The molecule has 0 aliphatic rings. The van der Waals surface area contributed by atoms with Crippen molar-refractivity contribution in [3.63, 3.8) is 0 Å². The van der Waals surface area contributed by atoms with E-state index in [-0.39, 0.29) is 0 Å². The summed E-state index contributed by atoms with van der Waals surface area (Å²) in [4.78, 5) is 2.20. The maximum atomic E-state index is 5.89. The molecule has 1 aromatic carbocycles. The molecule has 0 spiro atoms. The minimum atomic E-state index is 0.761. The van der Waals surface area contributed by atoms with Gasteiger partial charge in [-0.15, -0.1) is 0 Å². The zero-order chi connectivity index (χ0) is 10.4. The average molecular weight is 214 g/mol. The molecule has 0 fully saturated rings. The van der Waals surface area contributed by atoms with Gasteiger partial charge in [0.2, 0.25) is 0 Å². The lowest BCUT2D eigenvalue weighted by atomic mass is 10.2. The van der Waals surface area contributed by atoms with Gasteiger partial charge in [0.15, 0.2) is 0 Å². The first-order valence-corrected chi connectivity index (χ1v) is 5.02. The van der Waals surface area contributed by atoms with Crippen molar-refractivity contribution in [1.82, 2.24) is 4.90 Å². The summed E-state index contributed by atoms with van der Waals surface area (Å²) < 4.78 is 5.01. The Bertz CT molecular complexity index is 278. The third-order valence-electron chi connectivity index (χ3n) is 2.02. The van der Waals surface area contributed by atoms with Crippen LogP contribution in [-0.2, 0) is 11.3 Å². The number of benzene rings is 1. The Labute approximate surface area is 90.4 Å². The molecule has 0 radical (unpaired) electrons. The number of hydrogen-bond acceptors (Lipinski definition) is 2. The van der Waals surface area contributed by atoms with E-state index in [1.807, 2.05) is 18.2 Å². The Morgan fingerprint density at radius 1 is 1.43 bits per heavy atom. The van der Waals surface area contributed by atoms with Gasteiger partial charge in [-0.05, 0) is 24.7 Å². The average Bonchev–Trinajstić information content (AvgIpc) is 2.15. The molecule has 1 aromatic rings. The van der Waals surface area contributed by atoms with Crippen LogP contribution in [0.4, 0.5) is 0 Å². The van der Waals surface area contributed by atoms with Gasteiger partial charge in [-0.2, -0.15) is 0 Å². The summed E-state index contributed by atoms with van der Waals surface area (Å²) in [5, 5.41) is 0.794. The van der Waals surface area contributed by atoms with Gasteiger partial charge in [0, 0.05) is 25.2 Å². The summed E-state index contributed by atoms with van der Waals surface area (Å²) >= 11 is 5.89. The van der Waals surface area contributed by atoms with Gasteiger partial charge in [-0.3, -0.25) is 4.90 Å². The fourth-order valence-corrected chi connectivity index (χ4v) is 1.49. The Morgan fingerprint density at radius 3 is 2.86 bits per heavy atom. The van der Waals surface area contributed by atoms with E-state index in [4.69, 9.17) is 16.3 Å². The number of hydrogen-bond donors (Lipinski definition) is 0. The molecule has 0 aliphatic carbocycles. The molecule has 0 atom stereocenters. The van der Waals surface area contributed by atoms with Crippen molar-refractivity contribution in [2.24, 2.45) is 0 Å². The topological polar surface area (TPSA) is 12.5 Å². The van der Waals surface area contributed by atoms with Crippen molar-refractivity contribution in [3.05, 3.63) is 34.9 Å². The van der Waals surface area contributed by atoms with E-state index < -0.39 is 0 Å². The van der Waals surface area contributed by atoms with Gasteiger partial charge in [0.1, 0.15) is 0 Å². The number of nitrogens with zero attached hydrogens (tertiary/aromatic N) is 1. The predicted molar refractivity (Wildman–Crippen MR) is 59.7 cm³/mol. The van der Waals surface area contributed by atoms with Crippen LogP contribution >= 0.6 is 11.6 Å². The SMILES string of the molecule is COCCN(C)Cc1cccc(Cl)c1. The summed E-state index contributed by atoms with van der Waals surface area (Å²) in [6.45, 7) is 2.60. The summed E-state index contributed by atoms with van der Waals surface area (Å²) in [6.07, 6.45) is 0. The van der Waals surface area contributed by atoms with E-state index in [0.717, 1.165) is 24.7 Å². The maximum absolute atomic E-state index is 5.89. The molecular weight excluding hydrogens is 198 g/mol. The van der Waals surface area contributed by atoms with E-state index in [2.05, 4.69) is 18.0 Å². The van der Waals surface area contributed by atoms with Crippen LogP contribution in [-0.4, -0.2) is 32.2 Å². The molecular formula is C11H16ClNO. The second kappa shape index (κ2) is 6.02. The van der Waals surface area contributed by atoms with Gasteiger partial charge in [0.25, 0.3) is 0 Å². The van der Waals surface area contributed by atoms with E-state index >= 15 is 0 Å². The highest BCUT2D eigenvalue weighted by atomic mass is 35.5. The first kappa shape index (κ1) is 11.5. The summed E-state index contributed by atoms with van der Waals surface area (Å²) in [6, 6.07) is 7.93. The lowest BCUT2D eigenvalue weighted by molar-refractivity contribution is 0.158. The van der Waals surface area contributed by atoms with Crippen molar-refractivity contribution >= 4 is 11.6 Å². The number of likely N-dealkylation sites (N-methyl/N-ethyl adjacent to an activating group) is 1. The van der Waals surface area contributed by atoms with E-state index in [1.54, 1.807) is 7.11 Å². The Kier molecular flexibility index (Phi) is 4.94. The number of ether oxygens (including phenoxy) is 1. The molecule has 78 valence electrons. The van der Waals surface area contributed by atoms with E-state index in [1.165, 1.54) is 5.56 Å². The monoisotopic (exact) mass is 213 g/mol. The fraction of sp³-hybridized carbons (Fsp3) is 0.455. The van der Waals surface area contributed by atoms with Crippen LogP contribution in [0.5, 0.6) is 0 Å². The Morgan fingerprint density at radius 2 is 2.21 bits per heavy atom. The van der Waals surface area contributed by atoms with Gasteiger partial charge >= 0.3 is 0 Å². The van der Waals surface area contributed by atoms with E-state index in [9.17, 15) is 0 Å². The summed E-state index contributed by atoms with van der Waals surface area (Å²) in [5.41, 5.74) is 1.23. The molecule has 0 unspecified atom stereocenters. The zero-order valence-corrected chi connectivity index (χ0v) is 9.42. The van der Waals surface area contributed by atoms with Gasteiger partial charge < -0.3 is 4.74 Å². The van der Waals surface area contributed by atoms with Crippen LogP contribution in [0.2, 0.25) is 5.02 Å². The second-order valence-electron chi connectivity index (χ2n) is 3.36. The Hall–Kier alpha value is -0.570. The van der Waals surface area contributed by atoms with Crippen LogP contribution in [0.25, 0.3) is 0 Å². The zero-order valence-electron chi connectivity index (χ0n) is 8.66. The molecule has 0 saturated carbocycles. The Balaban J connectivity index is 2.43. The van der Waals surface area contributed by atoms with Crippen LogP contribution in [0.15, 0.2) is 24.3 Å². The minimum absolute atomic E-state index is 0.761. The molecule has 14 heavy (non-hydrogen) atoms. The quantitative estimate of drug-likeness (QED) is 0.745. The third kappa shape index (κ3) is 4.09. The normalized spacial score (nSPS) is 10.9. The van der Waals surface area contributed by atoms with Gasteiger partial charge in [-0.1, -0.05) is 23.7 Å². The van der Waals surface area contributed by atoms with Crippen LogP contribution in [0.3, 0.4) is 0 Å². The van der Waals surface area contributed by atoms with Crippen LogP contribution in [0, 0.1) is 0 Å². The third-order valence-corrected chi connectivity index (χ3v) is 2.25. The molecule has 0 bridgehead atoms.